The number of nitrogens with zero attached hydrogens (tertiary/aromatic N) is 2. The lowest BCUT2D eigenvalue weighted by atomic mass is 10.1. The Labute approximate surface area is 168 Å². The van der Waals surface area contributed by atoms with Crippen molar-refractivity contribution in [3.63, 3.8) is 0 Å². The summed E-state index contributed by atoms with van der Waals surface area (Å²) >= 11 is 0. The Morgan fingerprint density at radius 3 is 2.36 bits per heavy atom. The number of unbranched alkanes of at least 4 members (excludes halogenated alkanes) is 3. The SMILES string of the molecule is CCCCCCc1cnc(-c2ccc(OC(=O)C(C)COCCC)cc2)nc1. The summed E-state index contributed by atoms with van der Waals surface area (Å²) in [6, 6.07) is 7.29. The van der Waals surface area contributed by atoms with Crippen molar-refractivity contribution in [2.45, 2.75) is 59.3 Å². The number of carbonyl (C=O) groups is 1. The molecule has 5 nitrogen and oxygen atoms in total. The van der Waals surface area contributed by atoms with Gasteiger partial charge in [0, 0.05) is 24.6 Å². The number of benzene rings is 1. The summed E-state index contributed by atoms with van der Waals surface area (Å²) in [5.74, 6) is 0.618. The molecule has 0 fully saturated rings. The minimum Gasteiger partial charge on any atom is -0.426 e. The van der Waals surface area contributed by atoms with Crippen LogP contribution in [0.1, 0.15) is 58.4 Å². The molecule has 0 spiro atoms. The van der Waals surface area contributed by atoms with Crippen molar-refractivity contribution in [1.29, 1.82) is 0 Å². The van der Waals surface area contributed by atoms with Crippen LogP contribution in [-0.4, -0.2) is 29.2 Å². The molecule has 0 bridgehead atoms. The van der Waals surface area contributed by atoms with Crippen LogP contribution >= 0.6 is 0 Å². The van der Waals surface area contributed by atoms with Crippen LogP contribution in [0.4, 0.5) is 0 Å². The van der Waals surface area contributed by atoms with Gasteiger partial charge in [-0.2, -0.15) is 0 Å². The van der Waals surface area contributed by atoms with Gasteiger partial charge in [-0.3, -0.25) is 4.79 Å². The van der Waals surface area contributed by atoms with Crippen molar-refractivity contribution in [2.75, 3.05) is 13.2 Å². The monoisotopic (exact) mass is 384 g/mol. The number of carbonyl (C=O) groups excluding carboxylic acids is 1. The van der Waals surface area contributed by atoms with E-state index in [1.807, 2.05) is 38.4 Å². The lowest BCUT2D eigenvalue weighted by Gasteiger charge is -2.11. The number of ether oxygens (including phenoxy) is 2. The van der Waals surface area contributed by atoms with Gasteiger partial charge in [0.1, 0.15) is 5.75 Å². The molecule has 152 valence electrons. The highest BCUT2D eigenvalue weighted by Gasteiger charge is 2.15. The topological polar surface area (TPSA) is 61.3 Å². The predicted octanol–water partition coefficient (Wildman–Crippen LogP) is 5.23. The van der Waals surface area contributed by atoms with Crippen LogP contribution in [0.5, 0.6) is 5.75 Å². The minimum absolute atomic E-state index is 0.285. The van der Waals surface area contributed by atoms with Crippen LogP contribution in [0, 0.1) is 5.92 Å². The molecule has 2 aromatic rings. The van der Waals surface area contributed by atoms with Crippen LogP contribution in [-0.2, 0) is 16.0 Å². The fourth-order valence-electron chi connectivity index (χ4n) is 2.75. The minimum atomic E-state index is -0.292. The van der Waals surface area contributed by atoms with Gasteiger partial charge in [-0.05, 0) is 56.0 Å². The summed E-state index contributed by atoms with van der Waals surface area (Å²) in [6.07, 6.45) is 10.7. The fraction of sp³-hybridized carbons (Fsp3) is 0.522. The summed E-state index contributed by atoms with van der Waals surface area (Å²) in [5.41, 5.74) is 2.07. The van der Waals surface area contributed by atoms with Crippen molar-refractivity contribution >= 4 is 5.97 Å². The highest BCUT2D eigenvalue weighted by atomic mass is 16.5. The zero-order chi connectivity index (χ0) is 20.2. The second-order valence-electron chi connectivity index (χ2n) is 7.15. The van der Waals surface area contributed by atoms with E-state index in [1.54, 1.807) is 12.1 Å². The second kappa shape index (κ2) is 12.2. The molecule has 2 rings (SSSR count). The molecule has 1 heterocycles. The summed E-state index contributed by atoms with van der Waals surface area (Å²) in [6.45, 7) is 7.10. The molecule has 0 amide bonds. The Bertz CT molecular complexity index is 699. The maximum Gasteiger partial charge on any atom is 0.316 e. The molecule has 28 heavy (non-hydrogen) atoms. The molecule has 1 aromatic carbocycles. The highest BCUT2D eigenvalue weighted by Crippen LogP contribution is 2.20. The van der Waals surface area contributed by atoms with Crippen LogP contribution in [0.2, 0.25) is 0 Å². The maximum atomic E-state index is 12.1. The normalized spacial score (nSPS) is 12.0. The van der Waals surface area contributed by atoms with E-state index in [0.29, 0.717) is 24.8 Å². The number of hydrogen-bond donors (Lipinski definition) is 0. The summed E-state index contributed by atoms with van der Waals surface area (Å²) in [5, 5.41) is 0. The third-order valence-corrected chi connectivity index (χ3v) is 4.47. The largest absolute Gasteiger partial charge is 0.426 e. The average Bonchev–Trinajstić information content (AvgIpc) is 2.72. The zero-order valence-electron chi connectivity index (χ0n) is 17.3. The predicted molar refractivity (Wildman–Crippen MR) is 111 cm³/mol. The molecular weight excluding hydrogens is 352 g/mol. The smallest absolute Gasteiger partial charge is 0.316 e. The van der Waals surface area contributed by atoms with Crippen LogP contribution in [0.3, 0.4) is 0 Å². The lowest BCUT2D eigenvalue weighted by molar-refractivity contribution is -0.140. The molecular formula is C23H32N2O3. The Kier molecular flexibility index (Phi) is 9.63. The van der Waals surface area contributed by atoms with E-state index in [9.17, 15) is 4.79 Å². The molecule has 1 atom stereocenters. The zero-order valence-corrected chi connectivity index (χ0v) is 17.3. The van der Waals surface area contributed by atoms with E-state index >= 15 is 0 Å². The lowest BCUT2D eigenvalue weighted by Crippen LogP contribution is -2.22. The Morgan fingerprint density at radius 2 is 1.71 bits per heavy atom. The van der Waals surface area contributed by atoms with Crippen molar-refractivity contribution in [1.82, 2.24) is 9.97 Å². The second-order valence-corrected chi connectivity index (χ2v) is 7.15. The summed E-state index contributed by atoms with van der Waals surface area (Å²) in [7, 11) is 0. The van der Waals surface area contributed by atoms with Crippen molar-refractivity contribution < 1.29 is 14.3 Å². The molecule has 0 saturated carbocycles. The molecule has 0 saturated heterocycles. The first-order chi connectivity index (χ1) is 13.6. The first kappa shape index (κ1) is 22.0. The van der Waals surface area contributed by atoms with Crippen molar-refractivity contribution in [2.24, 2.45) is 5.92 Å². The first-order valence-corrected chi connectivity index (χ1v) is 10.3. The van der Waals surface area contributed by atoms with E-state index in [1.165, 1.54) is 31.2 Å². The van der Waals surface area contributed by atoms with Crippen LogP contribution < -0.4 is 4.74 Å². The first-order valence-electron chi connectivity index (χ1n) is 10.3. The van der Waals surface area contributed by atoms with Crippen LogP contribution in [0.25, 0.3) is 11.4 Å². The third-order valence-electron chi connectivity index (χ3n) is 4.47. The molecule has 0 radical (unpaired) electrons. The highest BCUT2D eigenvalue weighted by molar-refractivity contribution is 5.75. The van der Waals surface area contributed by atoms with E-state index in [0.717, 1.165) is 18.4 Å². The van der Waals surface area contributed by atoms with Gasteiger partial charge < -0.3 is 9.47 Å². The molecule has 1 unspecified atom stereocenters. The molecule has 0 aliphatic heterocycles. The molecule has 1 aromatic heterocycles. The molecule has 0 N–H and O–H groups in total. The van der Waals surface area contributed by atoms with Gasteiger partial charge in [-0.1, -0.05) is 33.1 Å². The Morgan fingerprint density at radius 1 is 1.00 bits per heavy atom. The standard InChI is InChI=1S/C23H32N2O3/c1-4-6-7-8-9-19-15-24-22(25-16-19)20-10-12-21(13-11-20)28-23(26)18(3)17-27-14-5-2/h10-13,15-16,18H,4-9,14,17H2,1-3H3. The van der Waals surface area contributed by atoms with Gasteiger partial charge in [0.2, 0.25) is 0 Å². The van der Waals surface area contributed by atoms with Gasteiger partial charge in [-0.15, -0.1) is 0 Å². The van der Waals surface area contributed by atoms with E-state index < -0.39 is 0 Å². The van der Waals surface area contributed by atoms with Gasteiger partial charge in [0.15, 0.2) is 5.82 Å². The van der Waals surface area contributed by atoms with Crippen molar-refractivity contribution in [3.8, 4) is 17.1 Å². The Hall–Kier alpha value is -2.27. The van der Waals surface area contributed by atoms with E-state index in [4.69, 9.17) is 9.47 Å². The number of esters is 1. The number of rotatable bonds is 12. The molecule has 0 aliphatic rings. The van der Waals surface area contributed by atoms with E-state index in [-0.39, 0.29) is 11.9 Å². The summed E-state index contributed by atoms with van der Waals surface area (Å²) in [4.78, 5) is 21.0. The molecule has 5 heteroatoms. The molecule has 0 aliphatic carbocycles. The quantitative estimate of drug-likeness (QED) is 0.285. The van der Waals surface area contributed by atoms with E-state index in [2.05, 4.69) is 16.9 Å². The van der Waals surface area contributed by atoms with Gasteiger partial charge in [0.05, 0.1) is 12.5 Å². The van der Waals surface area contributed by atoms with Gasteiger partial charge in [0.25, 0.3) is 0 Å². The summed E-state index contributed by atoms with van der Waals surface area (Å²) < 4.78 is 10.8. The average molecular weight is 385 g/mol. The van der Waals surface area contributed by atoms with Crippen LogP contribution in [0.15, 0.2) is 36.7 Å². The number of aromatic nitrogens is 2. The van der Waals surface area contributed by atoms with Gasteiger partial charge >= 0.3 is 5.97 Å². The number of hydrogen-bond acceptors (Lipinski definition) is 5. The number of aryl methyl sites for hydroxylation is 1. The third kappa shape index (κ3) is 7.39. The maximum absolute atomic E-state index is 12.1. The Balaban J connectivity index is 1.87. The van der Waals surface area contributed by atoms with Gasteiger partial charge in [-0.25, -0.2) is 9.97 Å². The fourth-order valence-corrected chi connectivity index (χ4v) is 2.75. The van der Waals surface area contributed by atoms with Crippen molar-refractivity contribution in [3.05, 3.63) is 42.2 Å².